The van der Waals surface area contributed by atoms with Crippen LogP contribution in [0.2, 0.25) is 0 Å². The van der Waals surface area contributed by atoms with Gasteiger partial charge in [-0.2, -0.15) is 5.26 Å². The summed E-state index contributed by atoms with van der Waals surface area (Å²) < 4.78 is 1.80. The van der Waals surface area contributed by atoms with Crippen molar-refractivity contribution in [3.8, 4) is 17.6 Å². The predicted octanol–water partition coefficient (Wildman–Crippen LogP) is 1.02. The van der Waals surface area contributed by atoms with Crippen molar-refractivity contribution in [1.29, 1.82) is 5.26 Å². The third kappa shape index (κ3) is 3.86. The number of rotatable bonds is 5. The Hall–Kier alpha value is -3.27. The number of amides is 1. The molecular formula is C15H14N4O3. The lowest BCUT2D eigenvalue weighted by atomic mass is 10.1. The predicted molar refractivity (Wildman–Crippen MR) is 78.6 cm³/mol. The van der Waals surface area contributed by atoms with Gasteiger partial charge in [-0.05, 0) is 23.8 Å². The van der Waals surface area contributed by atoms with Gasteiger partial charge < -0.3 is 20.1 Å². The highest BCUT2D eigenvalue weighted by atomic mass is 16.3. The van der Waals surface area contributed by atoms with Gasteiger partial charge in [0.25, 0.3) is 5.91 Å². The van der Waals surface area contributed by atoms with Crippen molar-refractivity contribution < 1.29 is 15.0 Å². The molecule has 0 saturated heterocycles. The van der Waals surface area contributed by atoms with E-state index in [4.69, 9.17) is 5.26 Å². The van der Waals surface area contributed by atoms with Gasteiger partial charge in [-0.3, -0.25) is 4.79 Å². The van der Waals surface area contributed by atoms with Crippen molar-refractivity contribution in [2.45, 2.75) is 6.54 Å². The Bertz CT molecular complexity index is 730. The monoisotopic (exact) mass is 298 g/mol. The molecule has 0 fully saturated rings. The first-order chi connectivity index (χ1) is 10.6. The molecule has 0 unspecified atom stereocenters. The molecule has 1 amide bonds. The van der Waals surface area contributed by atoms with Crippen molar-refractivity contribution >= 4 is 12.0 Å². The van der Waals surface area contributed by atoms with Crippen LogP contribution in [0.4, 0.5) is 0 Å². The summed E-state index contributed by atoms with van der Waals surface area (Å²) in [7, 11) is 0. The Kier molecular flexibility index (Phi) is 4.78. The summed E-state index contributed by atoms with van der Waals surface area (Å²) in [5.74, 6) is -1.08. The van der Waals surface area contributed by atoms with E-state index in [-0.39, 0.29) is 17.1 Å². The molecule has 22 heavy (non-hydrogen) atoms. The van der Waals surface area contributed by atoms with Crippen molar-refractivity contribution in [3.63, 3.8) is 0 Å². The number of phenols is 2. The molecule has 2 aromatic rings. The molecule has 0 atom stereocenters. The summed E-state index contributed by atoms with van der Waals surface area (Å²) in [6.45, 7) is 0.902. The zero-order chi connectivity index (χ0) is 15.9. The van der Waals surface area contributed by atoms with Crippen LogP contribution in [-0.4, -0.2) is 32.2 Å². The fraction of sp³-hybridized carbons (Fsp3) is 0.133. The zero-order valence-electron chi connectivity index (χ0n) is 11.6. The molecule has 0 aliphatic rings. The third-order valence-electron chi connectivity index (χ3n) is 2.89. The number of aromatic nitrogens is 2. The van der Waals surface area contributed by atoms with Crippen LogP contribution in [0.1, 0.15) is 5.56 Å². The van der Waals surface area contributed by atoms with E-state index in [0.29, 0.717) is 18.7 Å². The van der Waals surface area contributed by atoms with Crippen molar-refractivity contribution in [2.75, 3.05) is 6.54 Å². The molecular weight excluding hydrogens is 284 g/mol. The van der Waals surface area contributed by atoms with Gasteiger partial charge in [-0.15, -0.1) is 0 Å². The first-order valence-corrected chi connectivity index (χ1v) is 6.48. The van der Waals surface area contributed by atoms with E-state index in [0.717, 1.165) is 0 Å². The number of nitrogens with one attached hydrogen (secondary N) is 1. The van der Waals surface area contributed by atoms with E-state index >= 15 is 0 Å². The van der Waals surface area contributed by atoms with Crippen LogP contribution < -0.4 is 5.32 Å². The SMILES string of the molecule is N#C/C(=C\c1ccc(O)c(O)c1)C(=O)NCCn1ccnc1. The van der Waals surface area contributed by atoms with Crippen LogP contribution in [0.15, 0.2) is 42.5 Å². The lowest BCUT2D eigenvalue weighted by Crippen LogP contribution is -2.27. The smallest absolute Gasteiger partial charge is 0.262 e. The first kappa shape index (κ1) is 15.1. The fourth-order valence-electron chi connectivity index (χ4n) is 1.76. The number of hydrogen-bond donors (Lipinski definition) is 3. The van der Waals surface area contributed by atoms with Crippen molar-refractivity contribution in [1.82, 2.24) is 14.9 Å². The number of hydrogen-bond acceptors (Lipinski definition) is 5. The standard InChI is InChI=1S/C15H14N4O3/c16-9-12(7-11-1-2-13(20)14(21)8-11)15(22)18-4-6-19-5-3-17-10-19/h1-3,5,7-8,10,20-21H,4,6H2,(H,18,22)/b12-7+. The summed E-state index contributed by atoms with van der Waals surface area (Å²) in [6, 6.07) is 5.86. The van der Waals surface area contributed by atoms with E-state index in [1.54, 1.807) is 23.3 Å². The van der Waals surface area contributed by atoms with Gasteiger partial charge in [-0.25, -0.2) is 4.98 Å². The number of nitrogens with zero attached hydrogens (tertiary/aromatic N) is 3. The second kappa shape index (κ2) is 6.95. The summed E-state index contributed by atoms with van der Waals surface area (Å²) in [5, 5.41) is 30.3. The Labute approximate surface area is 126 Å². The molecule has 0 spiro atoms. The number of benzene rings is 1. The Balaban J connectivity index is 2.00. The van der Waals surface area contributed by atoms with Gasteiger partial charge in [0, 0.05) is 25.5 Å². The molecule has 0 aliphatic heterocycles. The van der Waals surface area contributed by atoms with Gasteiger partial charge in [0.1, 0.15) is 11.6 Å². The molecule has 0 bridgehead atoms. The van der Waals surface area contributed by atoms with E-state index in [1.807, 2.05) is 6.07 Å². The highest BCUT2D eigenvalue weighted by Crippen LogP contribution is 2.25. The summed E-state index contributed by atoms with van der Waals surface area (Å²) >= 11 is 0. The van der Waals surface area contributed by atoms with Crippen LogP contribution in [0.3, 0.4) is 0 Å². The topological polar surface area (TPSA) is 111 Å². The molecule has 7 nitrogen and oxygen atoms in total. The maximum atomic E-state index is 11.9. The molecule has 0 radical (unpaired) electrons. The van der Waals surface area contributed by atoms with Gasteiger partial charge in [0.05, 0.1) is 6.33 Å². The Morgan fingerprint density at radius 2 is 2.23 bits per heavy atom. The molecule has 1 aromatic carbocycles. The number of carbonyl (C=O) groups excluding carboxylic acids is 1. The van der Waals surface area contributed by atoms with Crippen LogP contribution in [-0.2, 0) is 11.3 Å². The van der Waals surface area contributed by atoms with Crippen molar-refractivity contribution in [3.05, 3.63) is 48.1 Å². The van der Waals surface area contributed by atoms with Crippen LogP contribution >= 0.6 is 0 Å². The van der Waals surface area contributed by atoms with E-state index < -0.39 is 5.91 Å². The minimum absolute atomic E-state index is 0.0873. The zero-order valence-corrected chi connectivity index (χ0v) is 11.6. The maximum absolute atomic E-state index is 11.9. The van der Waals surface area contributed by atoms with Gasteiger partial charge in [0.2, 0.25) is 0 Å². The number of carbonyl (C=O) groups is 1. The molecule has 1 heterocycles. The number of imidazole rings is 1. The average molecular weight is 298 g/mol. The first-order valence-electron chi connectivity index (χ1n) is 6.48. The van der Waals surface area contributed by atoms with Crippen molar-refractivity contribution in [2.24, 2.45) is 0 Å². The summed E-state index contributed by atoms with van der Waals surface area (Å²) in [6.07, 6.45) is 6.38. The molecule has 3 N–H and O–H groups in total. The number of nitriles is 1. The molecule has 0 saturated carbocycles. The third-order valence-corrected chi connectivity index (χ3v) is 2.89. The minimum atomic E-state index is -0.504. The molecule has 2 rings (SSSR count). The quantitative estimate of drug-likeness (QED) is 0.433. The normalized spacial score (nSPS) is 11.0. The average Bonchev–Trinajstić information content (AvgIpc) is 3.01. The Morgan fingerprint density at radius 1 is 1.41 bits per heavy atom. The summed E-state index contributed by atoms with van der Waals surface area (Å²) in [5.41, 5.74) is 0.354. The highest BCUT2D eigenvalue weighted by molar-refractivity contribution is 6.01. The van der Waals surface area contributed by atoms with E-state index in [9.17, 15) is 15.0 Å². The molecule has 0 aliphatic carbocycles. The highest BCUT2D eigenvalue weighted by Gasteiger charge is 2.09. The molecule has 7 heteroatoms. The van der Waals surface area contributed by atoms with E-state index in [2.05, 4.69) is 10.3 Å². The largest absolute Gasteiger partial charge is 0.504 e. The van der Waals surface area contributed by atoms with Crippen LogP contribution in [0.5, 0.6) is 11.5 Å². The second-order valence-electron chi connectivity index (χ2n) is 4.47. The lowest BCUT2D eigenvalue weighted by Gasteiger charge is -2.05. The minimum Gasteiger partial charge on any atom is -0.504 e. The van der Waals surface area contributed by atoms with Gasteiger partial charge >= 0.3 is 0 Å². The maximum Gasteiger partial charge on any atom is 0.262 e. The van der Waals surface area contributed by atoms with Gasteiger partial charge in [-0.1, -0.05) is 6.07 Å². The fourth-order valence-corrected chi connectivity index (χ4v) is 1.76. The second-order valence-corrected chi connectivity index (χ2v) is 4.47. The number of phenolic OH excluding ortho intramolecular Hbond substituents is 2. The number of aromatic hydroxyl groups is 2. The molecule has 112 valence electrons. The molecule has 1 aromatic heterocycles. The lowest BCUT2D eigenvalue weighted by molar-refractivity contribution is -0.117. The van der Waals surface area contributed by atoms with E-state index in [1.165, 1.54) is 24.3 Å². The summed E-state index contributed by atoms with van der Waals surface area (Å²) in [4.78, 5) is 15.8. The van der Waals surface area contributed by atoms with Crippen LogP contribution in [0, 0.1) is 11.3 Å². The Morgan fingerprint density at radius 3 is 2.86 bits per heavy atom. The van der Waals surface area contributed by atoms with Gasteiger partial charge in [0.15, 0.2) is 11.5 Å². The van der Waals surface area contributed by atoms with Crippen LogP contribution in [0.25, 0.3) is 6.08 Å².